The van der Waals surface area contributed by atoms with E-state index in [1.54, 1.807) is 30.7 Å². The van der Waals surface area contributed by atoms with E-state index in [2.05, 4.69) is 36.8 Å². The van der Waals surface area contributed by atoms with E-state index in [1.165, 1.54) is 12.8 Å². The Kier molecular flexibility index (Phi) is 7.99. The second kappa shape index (κ2) is 12.1. The van der Waals surface area contributed by atoms with Gasteiger partial charge in [-0.15, -0.1) is 0 Å². The van der Waals surface area contributed by atoms with Gasteiger partial charge in [0.05, 0.1) is 30.4 Å². The number of pyridine rings is 1. The molecule has 0 saturated heterocycles. The van der Waals surface area contributed by atoms with Crippen LogP contribution < -0.4 is 10.6 Å². The first-order chi connectivity index (χ1) is 18.7. The maximum atomic E-state index is 12.7. The van der Waals surface area contributed by atoms with Crippen molar-refractivity contribution in [2.45, 2.75) is 44.6 Å². The maximum Gasteiger partial charge on any atom is 0.251 e. The first-order valence-corrected chi connectivity index (χ1v) is 13.0. The van der Waals surface area contributed by atoms with Crippen LogP contribution >= 0.6 is 0 Å². The Morgan fingerprint density at radius 1 is 1.11 bits per heavy atom. The Bertz CT molecular complexity index is 1410. The molecule has 0 aliphatic heterocycles. The SMILES string of the molecule is N#CCC(C1CCCC1)n1cc(-c2ccnc(Nc3cccc(C(=O)NCCc4ccccn4)c3)n2)cn1. The molecule has 1 aliphatic carbocycles. The van der Waals surface area contributed by atoms with E-state index < -0.39 is 0 Å². The molecule has 9 heteroatoms. The molecule has 1 saturated carbocycles. The van der Waals surface area contributed by atoms with Crippen LogP contribution in [0.5, 0.6) is 0 Å². The van der Waals surface area contributed by atoms with Crippen molar-refractivity contribution in [1.29, 1.82) is 5.26 Å². The van der Waals surface area contributed by atoms with Crippen molar-refractivity contribution < 1.29 is 4.79 Å². The van der Waals surface area contributed by atoms with Crippen LogP contribution in [-0.2, 0) is 6.42 Å². The third-order valence-electron chi connectivity index (χ3n) is 6.91. The second-order valence-electron chi connectivity index (χ2n) is 9.48. The van der Waals surface area contributed by atoms with E-state index >= 15 is 0 Å². The van der Waals surface area contributed by atoms with Crippen LogP contribution in [0.15, 0.2) is 73.3 Å². The fourth-order valence-electron chi connectivity index (χ4n) is 4.96. The highest BCUT2D eigenvalue weighted by Gasteiger charge is 2.27. The molecule has 2 N–H and O–H groups in total. The molecule has 3 aromatic heterocycles. The van der Waals surface area contributed by atoms with Crippen LogP contribution in [0.3, 0.4) is 0 Å². The Hall–Kier alpha value is -4.58. The van der Waals surface area contributed by atoms with Gasteiger partial charge in [0.2, 0.25) is 5.95 Å². The van der Waals surface area contributed by atoms with Crippen molar-refractivity contribution in [3.63, 3.8) is 0 Å². The number of nitriles is 1. The molecule has 3 heterocycles. The number of hydrogen-bond acceptors (Lipinski definition) is 7. The van der Waals surface area contributed by atoms with Gasteiger partial charge in [0.25, 0.3) is 5.91 Å². The molecule has 0 spiro atoms. The fraction of sp³-hybridized carbons (Fsp3) is 0.310. The molecule has 1 unspecified atom stereocenters. The number of benzene rings is 1. The molecule has 1 amide bonds. The highest BCUT2D eigenvalue weighted by Crippen LogP contribution is 2.36. The van der Waals surface area contributed by atoms with Gasteiger partial charge in [0.15, 0.2) is 0 Å². The summed E-state index contributed by atoms with van der Waals surface area (Å²) in [5.74, 6) is 0.762. The van der Waals surface area contributed by atoms with Gasteiger partial charge in [0, 0.05) is 54.1 Å². The molecular weight excluding hydrogens is 476 g/mol. The van der Waals surface area contributed by atoms with Gasteiger partial charge in [-0.3, -0.25) is 14.5 Å². The summed E-state index contributed by atoms with van der Waals surface area (Å²) in [4.78, 5) is 26.0. The molecule has 9 nitrogen and oxygen atoms in total. The van der Waals surface area contributed by atoms with Gasteiger partial charge >= 0.3 is 0 Å². The molecule has 1 aromatic carbocycles. The van der Waals surface area contributed by atoms with Crippen molar-refractivity contribution in [2.75, 3.05) is 11.9 Å². The van der Waals surface area contributed by atoms with Crippen LogP contribution in [0.2, 0.25) is 0 Å². The van der Waals surface area contributed by atoms with E-state index in [0.29, 0.717) is 42.5 Å². The van der Waals surface area contributed by atoms with Crippen LogP contribution in [0, 0.1) is 17.2 Å². The number of amides is 1. The van der Waals surface area contributed by atoms with Crippen molar-refractivity contribution in [3.05, 3.63) is 84.6 Å². The predicted octanol–water partition coefficient (Wildman–Crippen LogP) is 5.10. The number of carbonyl (C=O) groups excluding carboxylic acids is 1. The fourth-order valence-corrected chi connectivity index (χ4v) is 4.96. The number of aromatic nitrogens is 5. The lowest BCUT2D eigenvalue weighted by Crippen LogP contribution is -2.25. The average molecular weight is 507 g/mol. The normalized spacial score (nSPS) is 14.1. The molecule has 38 heavy (non-hydrogen) atoms. The van der Waals surface area contributed by atoms with Gasteiger partial charge < -0.3 is 10.6 Å². The molecule has 1 aliphatic rings. The highest BCUT2D eigenvalue weighted by molar-refractivity contribution is 5.95. The highest BCUT2D eigenvalue weighted by atomic mass is 16.1. The number of hydrogen-bond donors (Lipinski definition) is 2. The summed E-state index contributed by atoms with van der Waals surface area (Å²) in [6.45, 7) is 0.502. The van der Waals surface area contributed by atoms with Crippen LogP contribution in [0.1, 0.15) is 54.2 Å². The van der Waals surface area contributed by atoms with E-state index in [-0.39, 0.29) is 11.9 Å². The van der Waals surface area contributed by atoms with E-state index in [1.807, 2.05) is 47.3 Å². The lowest BCUT2D eigenvalue weighted by Gasteiger charge is -2.21. The Morgan fingerprint density at radius 3 is 2.82 bits per heavy atom. The largest absolute Gasteiger partial charge is 0.352 e. The molecule has 0 bridgehead atoms. The van der Waals surface area contributed by atoms with Crippen molar-refractivity contribution in [1.82, 2.24) is 30.0 Å². The number of anilines is 2. The van der Waals surface area contributed by atoms with Crippen LogP contribution in [0.4, 0.5) is 11.6 Å². The first kappa shape index (κ1) is 25.1. The summed E-state index contributed by atoms with van der Waals surface area (Å²) in [6, 6.07) is 17.2. The Labute approximate surface area is 222 Å². The summed E-state index contributed by atoms with van der Waals surface area (Å²) >= 11 is 0. The molecule has 1 atom stereocenters. The van der Waals surface area contributed by atoms with E-state index in [4.69, 9.17) is 0 Å². The zero-order valence-electron chi connectivity index (χ0n) is 21.1. The predicted molar refractivity (Wildman–Crippen MR) is 144 cm³/mol. The van der Waals surface area contributed by atoms with Crippen molar-refractivity contribution >= 4 is 17.5 Å². The molecular formula is C29H30N8O. The average Bonchev–Trinajstić information content (AvgIpc) is 3.66. The van der Waals surface area contributed by atoms with Crippen LogP contribution in [0.25, 0.3) is 11.3 Å². The quantitative estimate of drug-likeness (QED) is 0.307. The third kappa shape index (κ3) is 6.21. The Balaban J connectivity index is 1.24. The minimum atomic E-state index is -0.152. The zero-order valence-corrected chi connectivity index (χ0v) is 21.1. The summed E-state index contributed by atoms with van der Waals surface area (Å²) in [7, 11) is 0. The zero-order chi connectivity index (χ0) is 26.2. The minimum absolute atomic E-state index is 0.0912. The second-order valence-corrected chi connectivity index (χ2v) is 9.48. The maximum absolute atomic E-state index is 12.7. The van der Waals surface area contributed by atoms with Gasteiger partial charge in [-0.2, -0.15) is 10.4 Å². The van der Waals surface area contributed by atoms with Crippen molar-refractivity contribution in [2.24, 2.45) is 5.92 Å². The van der Waals surface area contributed by atoms with Gasteiger partial charge in [-0.05, 0) is 55.2 Å². The summed E-state index contributed by atoms with van der Waals surface area (Å²) in [6.07, 6.45) is 13.1. The van der Waals surface area contributed by atoms with Gasteiger partial charge in [-0.1, -0.05) is 25.0 Å². The molecule has 192 valence electrons. The number of nitrogens with one attached hydrogen (secondary N) is 2. The molecule has 0 radical (unpaired) electrons. The molecule has 1 fully saturated rings. The number of nitrogens with zero attached hydrogens (tertiary/aromatic N) is 6. The smallest absolute Gasteiger partial charge is 0.251 e. The van der Waals surface area contributed by atoms with Crippen LogP contribution in [-0.4, -0.2) is 37.2 Å². The number of rotatable bonds is 10. The minimum Gasteiger partial charge on any atom is -0.352 e. The standard InChI is InChI=1S/C29H30N8O/c30-14-11-27(21-6-1-2-7-21)37-20-23(19-34-37)26-13-17-33-29(36-26)35-25-10-5-8-22(18-25)28(38)32-16-12-24-9-3-4-15-31-24/h3-5,8-10,13,15,17-21,27H,1-2,6-7,11-12,16H2,(H,32,38)(H,33,35,36). The van der Waals surface area contributed by atoms with E-state index in [0.717, 1.165) is 29.8 Å². The summed E-state index contributed by atoms with van der Waals surface area (Å²) in [5, 5.41) is 20.1. The number of carbonyl (C=O) groups is 1. The van der Waals surface area contributed by atoms with E-state index in [9.17, 15) is 10.1 Å². The van der Waals surface area contributed by atoms with Gasteiger partial charge in [-0.25, -0.2) is 9.97 Å². The summed E-state index contributed by atoms with van der Waals surface area (Å²) in [5.41, 5.74) is 3.80. The lowest BCUT2D eigenvalue weighted by atomic mass is 9.96. The monoisotopic (exact) mass is 506 g/mol. The molecule has 4 aromatic rings. The summed E-state index contributed by atoms with van der Waals surface area (Å²) < 4.78 is 1.93. The first-order valence-electron chi connectivity index (χ1n) is 13.0. The lowest BCUT2D eigenvalue weighted by molar-refractivity contribution is 0.0954. The topological polar surface area (TPSA) is 121 Å². The van der Waals surface area contributed by atoms with Crippen molar-refractivity contribution in [3.8, 4) is 17.3 Å². The molecule has 5 rings (SSSR count). The Morgan fingerprint density at radius 2 is 2.00 bits per heavy atom. The third-order valence-corrected chi connectivity index (χ3v) is 6.91. The van der Waals surface area contributed by atoms with Gasteiger partial charge in [0.1, 0.15) is 0 Å².